The van der Waals surface area contributed by atoms with E-state index >= 15 is 0 Å². The summed E-state index contributed by atoms with van der Waals surface area (Å²) in [5.74, 6) is -0.879. The Kier molecular flexibility index (Phi) is 5.18. The third kappa shape index (κ3) is 3.42. The molecule has 1 amide bonds. The summed E-state index contributed by atoms with van der Waals surface area (Å²) in [6.45, 7) is -1.06. The molecule has 6 heteroatoms. The number of ketones is 1. The van der Waals surface area contributed by atoms with Crippen LogP contribution in [0.1, 0.15) is 0 Å². The largest absolute Gasteiger partial charge is 0.388 e. The third-order valence-corrected chi connectivity index (χ3v) is 1.26. The van der Waals surface area contributed by atoms with Crippen molar-refractivity contribution in [2.75, 3.05) is 13.2 Å². The van der Waals surface area contributed by atoms with Crippen molar-refractivity contribution in [3.8, 4) is 0 Å². The van der Waals surface area contributed by atoms with E-state index in [2.05, 4.69) is 5.32 Å². The van der Waals surface area contributed by atoms with Gasteiger partial charge in [-0.2, -0.15) is 0 Å². The molecule has 0 aromatic carbocycles. The maximum atomic E-state index is 10.5. The average Bonchev–Trinajstić information content (AvgIpc) is 2.11. The Hall–Kier alpha value is -0.980. The molecule has 4 N–H and O–H groups in total. The molecule has 70 valence electrons. The highest BCUT2D eigenvalue weighted by atomic mass is 16.3. The molecule has 0 heterocycles. The number of Topliss-reactive ketones (excluding diaryl/α,β-unsaturated/α-hetero) is 1. The normalized spacial score (nSPS) is 14.9. The van der Waals surface area contributed by atoms with Crippen LogP contribution in [0.5, 0.6) is 0 Å². The summed E-state index contributed by atoms with van der Waals surface area (Å²) in [4.78, 5) is 20.3. The van der Waals surface area contributed by atoms with Crippen LogP contribution in [-0.4, -0.2) is 52.9 Å². The van der Waals surface area contributed by atoms with Gasteiger partial charge < -0.3 is 20.6 Å². The zero-order valence-electron chi connectivity index (χ0n) is 6.30. The van der Waals surface area contributed by atoms with E-state index in [4.69, 9.17) is 15.3 Å². The summed E-state index contributed by atoms with van der Waals surface area (Å²) in [6, 6.07) is 0. The van der Waals surface area contributed by atoms with Crippen LogP contribution in [0.15, 0.2) is 0 Å². The van der Waals surface area contributed by atoms with Gasteiger partial charge in [0.2, 0.25) is 6.41 Å². The molecule has 0 spiro atoms. The van der Waals surface area contributed by atoms with Crippen molar-refractivity contribution in [1.29, 1.82) is 0 Å². The zero-order chi connectivity index (χ0) is 9.56. The summed E-state index contributed by atoms with van der Waals surface area (Å²) in [5.41, 5.74) is 0. The van der Waals surface area contributed by atoms with Gasteiger partial charge in [-0.3, -0.25) is 9.59 Å². The molecule has 0 saturated carbocycles. The van der Waals surface area contributed by atoms with Gasteiger partial charge in [0.15, 0.2) is 5.78 Å². The van der Waals surface area contributed by atoms with Crippen molar-refractivity contribution in [3.63, 3.8) is 0 Å². The summed E-state index contributed by atoms with van der Waals surface area (Å²) in [5, 5.41) is 28.2. The van der Waals surface area contributed by atoms with E-state index < -0.39 is 24.6 Å². The number of hydrogen-bond acceptors (Lipinski definition) is 5. The lowest BCUT2D eigenvalue weighted by Crippen LogP contribution is -2.41. The molecule has 0 bridgehead atoms. The topological polar surface area (TPSA) is 107 Å². The van der Waals surface area contributed by atoms with Gasteiger partial charge in [-0.15, -0.1) is 0 Å². The summed E-state index contributed by atoms with van der Waals surface area (Å²) in [7, 11) is 0. The molecule has 0 aromatic rings. The third-order valence-electron chi connectivity index (χ3n) is 1.26. The fourth-order valence-corrected chi connectivity index (χ4v) is 0.589. The van der Waals surface area contributed by atoms with Gasteiger partial charge in [-0.1, -0.05) is 0 Å². The predicted molar refractivity (Wildman–Crippen MR) is 38.2 cm³/mol. The lowest BCUT2D eigenvalue weighted by Gasteiger charge is -2.14. The van der Waals surface area contributed by atoms with Gasteiger partial charge in [-0.25, -0.2) is 0 Å². The van der Waals surface area contributed by atoms with Gasteiger partial charge in [0.05, 0.1) is 0 Å². The lowest BCUT2D eigenvalue weighted by molar-refractivity contribution is -0.135. The van der Waals surface area contributed by atoms with Gasteiger partial charge in [-0.05, 0) is 0 Å². The molecular weight excluding hydrogens is 166 g/mol. The van der Waals surface area contributed by atoms with E-state index in [0.29, 0.717) is 6.41 Å². The first kappa shape index (κ1) is 11.0. The predicted octanol–water partition coefficient (Wildman–Crippen LogP) is -2.98. The van der Waals surface area contributed by atoms with Crippen LogP contribution in [0.25, 0.3) is 0 Å². The van der Waals surface area contributed by atoms with E-state index in [1.807, 2.05) is 0 Å². The molecule has 0 aliphatic carbocycles. The standard InChI is InChI=1S/C6H11NO5/c8-2-5(11)6(12)4(10)1-7-3-9/h3-4,6,8,10,12H,1-2H2,(H,7,9)/t4-,6-/m1/s1. The minimum Gasteiger partial charge on any atom is -0.388 e. The second-order valence-corrected chi connectivity index (χ2v) is 2.16. The van der Waals surface area contributed by atoms with Crippen LogP contribution in [0.3, 0.4) is 0 Å². The van der Waals surface area contributed by atoms with E-state index in [0.717, 1.165) is 0 Å². The van der Waals surface area contributed by atoms with Crippen LogP contribution in [-0.2, 0) is 9.59 Å². The van der Waals surface area contributed by atoms with Gasteiger partial charge in [0, 0.05) is 6.54 Å². The zero-order valence-corrected chi connectivity index (χ0v) is 6.30. The van der Waals surface area contributed by atoms with Crippen LogP contribution >= 0.6 is 0 Å². The lowest BCUT2D eigenvalue weighted by atomic mass is 10.1. The molecule has 0 fully saturated rings. The highest BCUT2D eigenvalue weighted by Gasteiger charge is 2.22. The Morgan fingerprint density at radius 2 is 2.08 bits per heavy atom. The number of carbonyl (C=O) groups is 2. The summed E-state index contributed by atoms with van der Waals surface area (Å²) < 4.78 is 0. The smallest absolute Gasteiger partial charge is 0.207 e. The molecule has 0 aliphatic rings. The summed E-state index contributed by atoms with van der Waals surface area (Å²) >= 11 is 0. The van der Waals surface area contributed by atoms with Crippen LogP contribution in [0.2, 0.25) is 0 Å². The van der Waals surface area contributed by atoms with Crippen molar-refractivity contribution in [2.45, 2.75) is 12.2 Å². The SMILES string of the molecule is O=CNC[C@@H](O)[C@@H](O)C(=O)CO. The molecule has 12 heavy (non-hydrogen) atoms. The van der Waals surface area contributed by atoms with Crippen LogP contribution in [0.4, 0.5) is 0 Å². The number of hydrogen-bond donors (Lipinski definition) is 4. The number of aliphatic hydroxyl groups is 3. The highest BCUT2D eigenvalue weighted by Crippen LogP contribution is 1.93. The van der Waals surface area contributed by atoms with Crippen molar-refractivity contribution in [2.24, 2.45) is 0 Å². The minimum atomic E-state index is -1.65. The molecule has 2 atom stereocenters. The first-order valence-corrected chi connectivity index (χ1v) is 3.30. The molecule has 0 unspecified atom stereocenters. The minimum absolute atomic E-state index is 0.226. The molecule has 0 radical (unpaired) electrons. The fourth-order valence-electron chi connectivity index (χ4n) is 0.589. The highest BCUT2D eigenvalue weighted by molar-refractivity contribution is 5.84. The second-order valence-electron chi connectivity index (χ2n) is 2.16. The maximum absolute atomic E-state index is 10.5. The van der Waals surface area contributed by atoms with Crippen molar-refractivity contribution in [3.05, 3.63) is 0 Å². The number of amides is 1. The number of nitrogens with one attached hydrogen (secondary N) is 1. The van der Waals surface area contributed by atoms with Gasteiger partial charge in [0.25, 0.3) is 0 Å². The monoisotopic (exact) mass is 177 g/mol. The van der Waals surface area contributed by atoms with Crippen molar-refractivity contribution >= 4 is 12.2 Å². The average molecular weight is 177 g/mol. The second kappa shape index (κ2) is 5.64. The summed E-state index contributed by atoms with van der Waals surface area (Å²) in [6.07, 6.45) is -2.70. The van der Waals surface area contributed by atoms with E-state index in [1.54, 1.807) is 0 Å². The number of carbonyl (C=O) groups excluding carboxylic acids is 2. The first-order valence-electron chi connectivity index (χ1n) is 3.30. The quantitative estimate of drug-likeness (QED) is 0.324. The van der Waals surface area contributed by atoms with E-state index in [-0.39, 0.29) is 6.54 Å². The van der Waals surface area contributed by atoms with Crippen molar-refractivity contribution in [1.82, 2.24) is 5.32 Å². The Balaban J connectivity index is 3.82. The number of rotatable bonds is 6. The van der Waals surface area contributed by atoms with Crippen molar-refractivity contribution < 1.29 is 24.9 Å². The van der Waals surface area contributed by atoms with E-state index in [1.165, 1.54) is 0 Å². The molecule has 0 saturated heterocycles. The molecular formula is C6H11NO5. The first-order chi connectivity index (χ1) is 5.63. The Bertz CT molecular complexity index is 160. The number of aliphatic hydroxyl groups excluding tert-OH is 3. The van der Waals surface area contributed by atoms with Gasteiger partial charge in [0.1, 0.15) is 18.8 Å². The van der Waals surface area contributed by atoms with Crippen LogP contribution in [0, 0.1) is 0 Å². The van der Waals surface area contributed by atoms with E-state index in [9.17, 15) is 9.59 Å². The maximum Gasteiger partial charge on any atom is 0.207 e. The molecule has 0 aliphatic heterocycles. The molecule has 0 rings (SSSR count). The Morgan fingerprint density at radius 1 is 1.50 bits per heavy atom. The fraction of sp³-hybridized carbons (Fsp3) is 0.667. The Labute approximate surface area is 68.8 Å². The molecule has 0 aromatic heterocycles. The van der Waals surface area contributed by atoms with Gasteiger partial charge >= 0.3 is 0 Å². The van der Waals surface area contributed by atoms with Crippen LogP contribution < -0.4 is 5.32 Å². The Morgan fingerprint density at radius 3 is 2.50 bits per heavy atom. The molecule has 6 nitrogen and oxygen atoms in total.